The minimum atomic E-state index is -0.260. The Bertz CT molecular complexity index is 784. The van der Waals surface area contributed by atoms with Crippen molar-refractivity contribution >= 4 is 11.6 Å². The van der Waals surface area contributed by atoms with Crippen LogP contribution in [-0.4, -0.2) is 32.7 Å². The second-order valence-electron chi connectivity index (χ2n) is 4.70. The zero-order chi connectivity index (χ0) is 16.1. The van der Waals surface area contributed by atoms with Crippen LogP contribution >= 0.6 is 0 Å². The molecule has 1 amide bonds. The van der Waals surface area contributed by atoms with Crippen molar-refractivity contribution in [2.45, 2.75) is 6.92 Å². The van der Waals surface area contributed by atoms with E-state index in [1.165, 1.54) is 6.20 Å². The SMILES string of the molecule is CCOc1ccc(C(=O)Nc2cncc(-c3ccn[nH]3)c2)cn1. The third kappa shape index (κ3) is 3.52. The van der Waals surface area contributed by atoms with Gasteiger partial charge < -0.3 is 10.1 Å². The molecular formula is C16H15N5O2. The molecule has 3 rings (SSSR count). The summed E-state index contributed by atoms with van der Waals surface area (Å²) < 4.78 is 5.25. The first kappa shape index (κ1) is 14.7. The molecule has 7 nitrogen and oxygen atoms in total. The largest absolute Gasteiger partial charge is 0.478 e. The van der Waals surface area contributed by atoms with Crippen LogP contribution < -0.4 is 10.1 Å². The summed E-state index contributed by atoms with van der Waals surface area (Å²) in [5, 5.41) is 9.55. The summed E-state index contributed by atoms with van der Waals surface area (Å²) in [6, 6.07) is 6.98. The van der Waals surface area contributed by atoms with Crippen molar-refractivity contribution in [1.82, 2.24) is 20.2 Å². The van der Waals surface area contributed by atoms with Gasteiger partial charge in [0.25, 0.3) is 5.91 Å². The van der Waals surface area contributed by atoms with Gasteiger partial charge in [-0.1, -0.05) is 0 Å². The van der Waals surface area contributed by atoms with E-state index >= 15 is 0 Å². The third-order valence-corrected chi connectivity index (χ3v) is 3.10. The number of rotatable bonds is 5. The molecule has 3 aromatic rings. The van der Waals surface area contributed by atoms with Gasteiger partial charge in [0, 0.05) is 30.2 Å². The van der Waals surface area contributed by atoms with Crippen molar-refractivity contribution in [1.29, 1.82) is 0 Å². The molecule has 116 valence electrons. The molecular weight excluding hydrogens is 294 g/mol. The van der Waals surface area contributed by atoms with E-state index in [9.17, 15) is 4.79 Å². The second-order valence-corrected chi connectivity index (χ2v) is 4.70. The highest BCUT2D eigenvalue weighted by Gasteiger charge is 2.08. The smallest absolute Gasteiger partial charge is 0.257 e. The monoisotopic (exact) mass is 309 g/mol. The molecule has 0 saturated heterocycles. The van der Waals surface area contributed by atoms with Crippen molar-refractivity contribution < 1.29 is 9.53 Å². The molecule has 0 spiro atoms. The number of hydrogen-bond donors (Lipinski definition) is 2. The highest BCUT2D eigenvalue weighted by molar-refractivity contribution is 6.04. The number of nitrogens with one attached hydrogen (secondary N) is 2. The van der Waals surface area contributed by atoms with Gasteiger partial charge in [0.2, 0.25) is 5.88 Å². The van der Waals surface area contributed by atoms with Crippen LogP contribution in [0.2, 0.25) is 0 Å². The number of anilines is 1. The predicted octanol–water partition coefficient (Wildman–Crippen LogP) is 2.52. The van der Waals surface area contributed by atoms with Crippen LogP contribution in [0.3, 0.4) is 0 Å². The van der Waals surface area contributed by atoms with Crippen molar-refractivity contribution in [3.63, 3.8) is 0 Å². The average molecular weight is 309 g/mol. The molecule has 0 saturated carbocycles. The summed E-state index contributed by atoms with van der Waals surface area (Å²) in [6.45, 7) is 2.41. The number of amides is 1. The molecule has 23 heavy (non-hydrogen) atoms. The number of hydrogen-bond acceptors (Lipinski definition) is 5. The Labute approximate surface area is 132 Å². The Balaban J connectivity index is 1.73. The summed E-state index contributed by atoms with van der Waals surface area (Å²) in [5.74, 6) is 0.232. The van der Waals surface area contributed by atoms with Gasteiger partial charge in [-0.15, -0.1) is 0 Å². The molecule has 0 atom stereocenters. The molecule has 2 N–H and O–H groups in total. The molecule has 0 aliphatic heterocycles. The van der Waals surface area contributed by atoms with Crippen molar-refractivity contribution in [3.8, 4) is 17.1 Å². The quantitative estimate of drug-likeness (QED) is 0.755. The van der Waals surface area contributed by atoms with Gasteiger partial charge in [-0.05, 0) is 25.1 Å². The topological polar surface area (TPSA) is 92.8 Å². The molecule has 3 heterocycles. The molecule has 0 unspecified atom stereocenters. The number of pyridine rings is 2. The summed E-state index contributed by atoms with van der Waals surface area (Å²) >= 11 is 0. The van der Waals surface area contributed by atoms with Crippen molar-refractivity contribution in [2.75, 3.05) is 11.9 Å². The molecule has 3 aromatic heterocycles. The Morgan fingerprint density at radius 3 is 2.87 bits per heavy atom. The van der Waals surface area contributed by atoms with Crippen LogP contribution in [0.25, 0.3) is 11.3 Å². The first-order valence-corrected chi connectivity index (χ1v) is 7.11. The number of carbonyl (C=O) groups excluding carboxylic acids is 1. The molecule has 0 bridgehead atoms. The Morgan fingerprint density at radius 1 is 1.26 bits per heavy atom. The van der Waals surface area contributed by atoms with Gasteiger partial charge in [-0.2, -0.15) is 5.10 Å². The number of aromatic amines is 1. The highest BCUT2D eigenvalue weighted by Crippen LogP contribution is 2.19. The zero-order valence-corrected chi connectivity index (χ0v) is 12.5. The number of ether oxygens (including phenoxy) is 1. The van der Waals surface area contributed by atoms with E-state index in [1.807, 2.05) is 19.1 Å². The minimum absolute atomic E-state index is 0.260. The maximum atomic E-state index is 12.2. The van der Waals surface area contributed by atoms with Gasteiger partial charge in [0.05, 0.1) is 29.7 Å². The van der Waals surface area contributed by atoms with Gasteiger partial charge >= 0.3 is 0 Å². The Kier molecular flexibility index (Phi) is 4.28. The van der Waals surface area contributed by atoms with Crippen LogP contribution in [0.5, 0.6) is 5.88 Å². The van der Waals surface area contributed by atoms with E-state index in [0.29, 0.717) is 23.7 Å². The van der Waals surface area contributed by atoms with Gasteiger partial charge in [-0.3, -0.25) is 14.9 Å². The van der Waals surface area contributed by atoms with Crippen LogP contribution in [0.15, 0.2) is 49.1 Å². The van der Waals surface area contributed by atoms with Crippen LogP contribution in [0.4, 0.5) is 5.69 Å². The lowest BCUT2D eigenvalue weighted by Gasteiger charge is -2.07. The molecule has 0 radical (unpaired) electrons. The average Bonchev–Trinajstić information content (AvgIpc) is 3.11. The maximum Gasteiger partial charge on any atom is 0.257 e. The van der Waals surface area contributed by atoms with E-state index < -0.39 is 0 Å². The summed E-state index contributed by atoms with van der Waals surface area (Å²) in [5.41, 5.74) is 2.71. The predicted molar refractivity (Wildman–Crippen MR) is 85.2 cm³/mol. The lowest BCUT2D eigenvalue weighted by Crippen LogP contribution is -2.12. The standard InChI is InChI=1S/C16H15N5O2/c1-2-23-15-4-3-11(9-18-15)16(22)20-13-7-12(8-17-10-13)14-5-6-19-21-14/h3-10H,2H2,1H3,(H,19,21)(H,20,22). The minimum Gasteiger partial charge on any atom is -0.478 e. The highest BCUT2D eigenvalue weighted by atomic mass is 16.5. The number of H-pyrrole nitrogens is 1. The van der Waals surface area contributed by atoms with Gasteiger partial charge in [0.15, 0.2) is 0 Å². The molecule has 0 aromatic carbocycles. The molecule has 0 aliphatic rings. The van der Waals surface area contributed by atoms with Crippen LogP contribution in [0.1, 0.15) is 17.3 Å². The van der Waals surface area contributed by atoms with Gasteiger partial charge in [0.1, 0.15) is 0 Å². The van der Waals surface area contributed by atoms with E-state index in [2.05, 4.69) is 25.5 Å². The fourth-order valence-electron chi connectivity index (χ4n) is 2.02. The van der Waals surface area contributed by atoms with Gasteiger partial charge in [-0.25, -0.2) is 4.98 Å². The van der Waals surface area contributed by atoms with E-state index in [4.69, 9.17) is 4.74 Å². The molecule has 7 heteroatoms. The number of carbonyl (C=O) groups is 1. The summed E-state index contributed by atoms with van der Waals surface area (Å²) in [7, 11) is 0. The first-order chi connectivity index (χ1) is 11.3. The fraction of sp³-hybridized carbons (Fsp3) is 0.125. The fourth-order valence-corrected chi connectivity index (χ4v) is 2.02. The molecule has 0 aliphatic carbocycles. The lowest BCUT2D eigenvalue weighted by molar-refractivity contribution is 0.102. The Hall–Kier alpha value is -3.22. The van der Waals surface area contributed by atoms with E-state index in [1.54, 1.807) is 30.7 Å². The normalized spacial score (nSPS) is 10.3. The molecule has 0 fully saturated rings. The zero-order valence-electron chi connectivity index (χ0n) is 12.5. The third-order valence-electron chi connectivity index (χ3n) is 3.10. The van der Waals surface area contributed by atoms with Crippen molar-refractivity contribution in [3.05, 3.63) is 54.6 Å². The van der Waals surface area contributed by atoms with Crippen LogP contribution in [0, 0.1) is 0 Å². The lowest BCUT2D eigenvalue weighted by atomic mass is 10.2. The van der Waals surface area contributed by atoms with Crippen molar-refractivity contribution in [2.24, 2.45) is 0 Å². The summed E-state index contributed by atoms with van der Waals surface area (Å²) in [4.78, 5) is 20.4. The number of aromatic nitrogens is 4. The van der Waals surface area contributed by atoms with E-state index in [-0.39, 0.29) is 5.91 Å². The maximum absolute atomic E-state index is 12.2. The van der Waals surface area contributed by atoms with Crippen LogP contribution in [-0.2, 0) is 0 Å². The first-order valence-electron chi connectivity index (χ1n) is 7.11. The number of nitrogens with zero attached hydrogens (tertiary/aromatic N) is 3. The van der Waals surface area contributed by atoms with E-state index in [0.717, 1.165) is 11.3 Å². The Morgan fingerprint density at radius 2 is 2.17 bits per heavy atom. The second kappa shape index (κ2) is 6.69. The summed E-state index contributed by atoms with van der Waals surface area (Å²) in [6.07, 6.45) is 6.42.